The second-order valence-electron chi connectivity index (χ2n) is 1.54. The number of hydrogen-bond donors (Lipinski definition) is 2. The van der Waals surface area contributed by atoms with Gasteiger partial charge in [-0.05, 0) is 0 Å². The van der Waals surface area contributed by atoms with Gasteiger partial charge in [0.2, 0.25) is 0 Å². The van der Waals surface area contributed by atoms with E-state index in [0.717, 1.165) is 0 Å². The summed E-state index contributed by atoms with van der Waals surface area (Å²) in [5.74, 6) is -0.841. The molecule has 0 spiro atoms. The Morgan fingerprint density at radius 3 is 2.67 bits per heavy atom. The molecule has 0 aliphatic rings. The summed E-state index contributed by atoms with van der Waals surface area (Å²) in [6, 6.07) is 0. The fourth-order valence-corrected chi connectivity index (χ4v) is 0.345. The van der Waals surface area contributed by atoms with E-state index >= 15 is 0 Å². The predicted octanol–water partition coefficient (Wildman–Crippen LogP) is -0.564. The number of carbonyl (C=O) groups is 1. The molecule has 0 saturated carbocycles. The van der Waals surface area contributed by atoms with Crippen molar-refractivity contribution < 1.29 is 14.6 Å². The Morgan fingerprint density at radius 1 is 1.56 bits per heavy atom. The maximum atomic E-state index is 9.85. The Labute approximate surface area is 53.6 Å². The minimum Gasteiger partial charge on any atom is -0.481 e. The first kappa shape index (κ1) is 8.39. The molecule has 4 nitrogen and oxygen atoms in total. The molecular weight excluding hydrogens is 122 g/mol. The molecule has 0 aliphatic heterocycles. The molecule has 0 aromatic heterocycles. The van der Waals surface area contributed by atoms with Gasteiger partial charge in [0.25, 0.3) is 0 Å². The third kappa shape index (κ3) is 7.39. The molecule has 54 valence electrons. The van der Waals surface area contributed by atoms with Gasteiger partial charge in [-0.25, -0.2) is 0 Å². The van der Waals surface area contributed by atoms with Crippen LogP contribution in [0.15, 0.2) is 0 Å². The number of carboxylic acids is 1. The minimum absolute atomic E-state index is 0.0556. The van der Waals surface area contributed by atoms with Crippen LogP contribution in [0.25, 0.3) is 0 Å². The van der Waals surface area contributed by atoms with Crippen LogP contribution < -0.4 is 5.73 Å². The van der Waals surface area contributed by atoms with Crippen molar-refractivity contribution in [3.05, 3.63) is 0 Å². The summed E-state index contributed by atoms with van der Waals surface area (Å²) in [5, 5.41) is 8.10. The van der Waals surface area contributed by atoms with Crippen LogP contribution in [0.3, 0.4) is 0 Å². The monoisotopic (exact) mass is 133 g/mol. The van der Waals surface area contributed by atoms with Crippen molar-refractivity contribution in [2.45, 2.75) is 6.42 Å². The summed E-state index contributed by atoms with van der Waals surface area (Å²) in [6.07, 6.45) is 0.0556. The largest absolute Gasteiger partial charge is 0.481 e. The highest BCUT2D eigenvalue weighted by Crippen LogP contribution is 1.80. The molecule has 0 amide bonds. The minimum atomic E-state index is -0.841. The lowest BCUT2D eigenvalue weighted by Crippen LogP contribution is -2.10. The SMILES string of the molecule is NCCOCCC(=O)O. The molecule has 0 rings (SSSR count). The van der Waals surface area contributed by atoms with Crippen molar-refractivity contribution in [3.8, 4) is 0 Å². The van der Waals surface area contributed by atoms with Crippen LogP contribution in [-0.4, -0.2) is 30.8 Å². The molecule has 0 radical (unpaired) electrons. The smallest absolute Gasteiger partial charge is 0.305 e. The molecule has 4 heteroatoms. The second kappa shape index (κ2) is 5.53. The van der Waals surface area contributed by atoms with Crippen molar-refractivity contribution in [1.82, 2.24) is 0 Å². The zero-order valence-corrected chi connectivity index (χ0v) is 5.17. The molecule has 0 aromatic carbocycles. The number of rotatable bonds is 5. The highest BCUT2D eigenvalue weighted by Gasteiger charge is 1.93. The third-order valence-electron chi connectivity index (χ3n) is 0.722. The first-order chi connectivity index (χ1) is 4.27. The van der Waals surface area contributed by atoms with Gasteiger partial charge in [0.15, 0.2) is 0 Å². The summed E-state index contributed by atoms with van der Waals surface area (Å²) in [7, 11) is 0. The van der Waals surface area contributed by atoms with E-state index in [1.54, 1.807) is 0 Å². The highest BCUT2D eigenvalue weighted by molar-refractivity contribution is 5.66. The van der Waals surface area contributed by atoms with E-state index in [1.807, 2.05) is 0 Å². The molecule has 0 bridgehead atoms. The van der Waals surface area contributed by atoms with Crippen LogP contribution in [0.5, 0.6) is 0 Å². The van der Waals surface area contributed by atoms with Gasteiger partial charge in [-0.2, -0.15) is 0 Å². The fourth-order valence-electron chi connectivity index (χ4n) is 0.345. The fraction of sp³-hybridized carbons (Fsp3) is 0.800. The number of hydrogen-bond acceptors (Lipinski definition) is 3. The van der Waals surface area contributed by atoms with Gasteiger partial charge in [-0.1, -0.05) is 0 Å². The maximum absolute atomic E-state index is 9.85. The van der Waals surface area contributed by atoms with Crippen molar-refractivity contribution in [3.63, 3.8) is 0 Å². The van der Waals surface area contributed by atoms with Crippen LogP contribution in [0.2, 0.25) is 0 Å². The van der Waals surface area contributed by atoms with E-state index < -0.39 is 5.97 Å². The normalized spacial score (nSPS) is 9.44. The number of nitrogens with two attached hydrogens (primary N) is 1. The Balaban J connectivity index is 2.83. The van der Waals surface area contributed by atoms with Gasteiger partial charge in [0.1, 0.15) is 0 Å². The van der Waals surface area contributed by atoms with Crippen LogP contribution in [0, 0.1) is 0 Å². The number of carboxylic acid groups (broad SMARTS) is 1. The van der Waals surface area contributed by atoms with Gasteiger partial charge in [0, 0.05) is 6.54 Å². The van der Waals surface area contributed by atoms with E-state index in [1.165, 1.54) is 0 Å². The zero-order chi connectivity index (χ0) is 7.11. The Hall–Kier alpha value is -0.610. The molecule has 0 aromatic rings. The third-order valence-corrected chi connectivity index (χ3v) is 0.722. The standard InChI is InChI=1S/C5H11NO3/c6-2-4-9-3-1-5(7)8/h1-4,6H2,(H,7,8). The molecular formula is C5H11NO3. The Morgan fingerprint density at radius 2 is 2.22 bits per heavy atom. The molecule has 0 heterocycles. The topological polar surface area (TPSA) is 72.5 Å². The van der Waals surface area contributed by atoms with Gasteiger partial charge in [-0.15, -0.1) is 0 Å². The van der Waals surface area contributed by atoms with E-state index in [-0.39, 0.29) is 13.0 Å². The van der Waals surface area contributed by atoms with Crippen LogP contribution >= 0.6 is 0 Å². The average molecular weight is 133 g/mol. The highest BCUT2D eigenvalue weighted by atomic mass is 16.5. The quantitative estimate of drug-likeness (QED) is 0.493. The Kier molecular flexibility index (Phi) is 5.15. The molecule has 0 aliphatic carbocycles. The van der Waals surface area contributed by atoms with Crippen molar-refractivity contribution >= 4 is 5.97 Å². The summed E-state index contributed by atoms with van der Waals surface area (Å²) in [5.41, 5.74) is 5.07. The predicted molar refractivity (Wildman–Crippen MR) is 32.1 cm³/mol. The zero-order valence-electron chi connectivity index (χ0n) is 5.17. The van der Waals surface area contributed by atoms with E-state index in [4.69, 9.17) is 15.6 Å². The average Bonchev–Trinajstić information content (AvgIpc) is 1.80. The van der Waals surface area contributed by atoms with Gasteiger partial charge < -0.3 is 15.6 Å². The molecule has 9 heavy (non-hydrogen) atoms. The van der Waals surface area contributed by atoms with Crippen LogP contribution in [0.4, 0.5) is 0 Å². The van der Waals surface area contributed by atoms with E-state index in [2.05, 4.69) is 0 Å². The maximum Gasteiger partial charge on any atom is 0.305 e. The second-order valence-corrected chi connectivity index (χ2v) is 1.54. The lowest BCUT2D eigenvalue weighted by Gasteiger charge is -1.96. The van der Waals surface area contributed by atoms with E-state index in [0.29, 0.717) is 13.2 Å². The van der Waals surface area contributed by atoms with Gasteiger partial charge >= 0.3 is 5.97 Å². The molecule has 0 unspecified atom stereocenters. The molecule has 0 fully saturated rings. The summed E-state index contributed by atoms with van der Waals surface area (Å²) >= 11 is 0. The van der Waals surface area contributed by atoms with E-state index in [9.17, 15) is 4.79 Å². The summed E-state index contributed by atoms with van der Waals surface area (Å²) in [4.78, 5) is 9.85. The summed E-state index contributed by atoms with van der Waals surface area (Å²) in [6.45, 7) is 1.14. The number of aliphatic carboxylic acids is 1. The Bertz CT molecular complexity index is 84.3. The van der Waals surface area contributed by atoms with Gasteiger partial charge in [-0.3, -0.25) is 4.79 Å². The lowest BCUT2D eigenvalue weighted by molar-refractivity contribution is -0.138. The van der Waals surface area contributed by atoms with Crippen molar-refractivity contribution in [1.29, 1.82) is 0 Å². The van der Waals surface area contributed by atoms with Crippen LogP contribution in [-0.2, 0) is 9.53 Å². The number of ether oxygens (including phenoxy) is 1. The molecule has 3 N–H and O–H groups in total. The lowest BCUT2D eigenvalue weighted by atomic mass is 10.5. The molecule has 0 atom stereocenters. The summed E-state index contributed by atoms with van der Waals surface area (Å²) < 4.78 is 4.79. The van der Waals surface area contributed by atoms with Crippen LogP contribution in [0.1, 0.15) is 6.42 Å². The van der Waals surface area contributed by atoms with Crippen molar-refractivity contribution in [2.24, 2.45) is 5.73 Å². The first-order valence-electron chi connectivity index (χ1n) is 2.77. The van der Waals surface area contributed by atoms with Gasteiger partial charge in [0.05, 0.1) is 19.6 Å². The van der Waals surface area contributed by atoms with Crippen molar-refractivity contribution in [2.75, 3.05) is 19.8 Å². The first-order valence-corrected chi connectivity index (χ1v) is 2.77. The molecule has 0 saturated heterocycles.